The molecule has 4 aliphatic rings. The predicted molar refractivity (Wildman–Crippen MR) is 112 cm³/mol. The molecule has 4 fully saturated rings. The van der Waals surface area contributed by atoms with Gasteiger partial charge in [0.2, 0.25) is 11.9 Å². The molecule has 1 aliphatic carbocycles. The lowest BCUT2D eigenvalue weighted by Crippen LogP contribution is -2.53. The second-order valence-electron chi connectivity index (χ2n) is 9.66. The van der Waals surface area contributed by atoms with E-state index in [4.69, 9.17) is 9.72 Å². The van der Waals surface area contributed by atoms with Gasteiger partial charge in [-0.3, -0.25) is 4.79 Å². The van der Waals surface area contributed by atoms with Crippen LogP contribution in [0.2, 0.25) is 0 Å². The van der Waals surface area contributed by atoms with Crippen LogP contribution in [-0.2, 0) is 9.53 Å². The van der Waals surface area contributed by atoms with Crippen molar-refractivity contribution in [1.29, 1.82) is 0 Å². The highest BCUT2D eigenvalue weighted by atomic mass is 16.5. The van der Waals surface area contributed by atoms with Gasteiger partial charge in [0.1, 0.15) is 0 Å². The number of piperidine rings is 2. The van der Waals surface area contributed by atoms with E-state index in [-0.39, 0.29) is 11.5 Å². The summed E-state index contributed by atoms with van der Waals surface area (Å²) in [5.74, 6) is 1.86. The molecule has 1 aromatic rings. The Morgan fingerprint density at radius 2 is 1.93 bits per heavy atom. The minimum Gasteiger partial charge on any atom is -0.376 e. The Kier molecular flexibility index (Phi) is 5.46. The van der Waals surface area contributed by atoms with Crippen molar-refractivity contribution in [2.45, 2.75) is 76.2 Å². The number of anilines is 1. The topological polar surface area (TPSA) is 58.6 Å². The molecule has 0 radical (unpaired) electrons. The van der Waals surface area contributed by atoms with Crippen LogP contribution in [0.15, 0.2) is 12.3 Å². The number of carbonyl (C=O) groups is 1. The number of amides is 1. The highest BCUT2D eigenvalue weighted by Crippen LogP contribution is 2.41. The lowest BCUT2D eigenvalue weighted by Gasteiger charge is -2.47. The van der Waals surface area contributed by atoms with Gasteiger partial charge in [-0.1, -0.05) is 12.8 Å². The first kappa shape index (κ1) is 19.3. The fourth-order valence-corrected chi connectivity index (χ4v) is 5.86. The van der Waals surface area contributed by atoms with E-state index in [2.05, 4.69) is 20.9 Å². The van der Waals surface area contributed by atoms with Crippen molar-refractivity contribution in [2.24, 2.45) is 5.41 Å². The van der Waals surface area contributed by atoms with Gasteiger partial charge >= 0.3 is 0 Å². The zero-order valence-electron chi connectivity index (χ0n) is 17.5. The van der Waals surface area contributed by atoms with E-state index in [1.807, 2.05) is 6.20 Å². The number of likely N-dealkylation sites (tertiary alicyclic amines) is 1. The van der Waals surface area contributed by atoms with E-state index < -0.39 is 0 Å². The molecule has 1 spiro atoms. The number of ether oxygens (including phenoxy) is 1. The largest absolute Gasteiger partial charge is 0.376 e. The van der Waals surface area contributed by atoms with Gasteiger partial charge in [0.25, 0.3) is 0 Å². The first-order valence-corrected chi connectivity index (χ1v) is 11.7. The SMILES string of the molecule is O=C1CCC2(CCN(c3nccc(C4CCCC4)n3)CC2)CN1C[C@@H]1CCCO1. The summed E-state index contributed by atoms with van der Waals surface area (Å²) in [6.45, 7) is 4.54. The van der Waals surface area contributed by atoms with E-state index in [1.165, 1.54) is 31.4 Å². The molecule has 6 nitrogen and oxygen atoms in total. The molecule has 158 valence electrons. The first-order chi connectivity index (χ1) is 14.2. The Bertz CT molecular complexity index is 719. The van der Waals surface area contributed by atoms with Crippen molar-refractivity contribution >= 4 is 11.9 Å². The molecule has 0 aromatic carbocycles. The summed E-state index contributed by atoms with van der Waals surface area (Å²) in [5, 5.41) is 0. The Morgan fingerprint density at radius 1 is 1.10 bits per heavy atom. The number of hydrogen-bond acceptors (Lipinski definition) is 5. The molecule has 3 aliphatic heterocycles. The third-order valence-corrected chi connectivity index (χ3v) is 7.74. The van der Waals surface area contributed by atoms with E-state index >= 15 is 0 Å². The molecular weight excluding hydrogens is 364 g/mol. The van der Waals surface area contributed by atoms with E-state index in [1.54, 1.807) is 0 Å². The molecule has 5 rings (SSSR count). The number of rotatable bonds is 4. The molecule has 0 N–H and O–H groups in total. The summed E-state index contributed by atoms with van der Waals surface area (Å²) in [5.41, 5.74) is 1.50. The van der Waals surface area contributed by atoms with Crippen LogP contribution in [0.4, 0.5) is 5.95 Å². The maximum Gasteiger partial charge on any atom is 0.225 e. The maximum absolute atomic E-state index is 12.5. The fraction of sp³-hybridized carbons (Fsp3) is 0.783. The molecule has 29 heavy (non-hydrogen) atoms. The van der Waals surface area contributed by atoms with Crippen LogP contribution >= 0.6 is 0 Å². The van der Waals surface area contributed by atoms with E-state index in [9.17, 15) is 4.79 Å². The Labute approximate surface area is 174 Å². The van der Waals surface area contributed by atoms with Gasteiger partial charge in [0, 0.05) is 57.0 Å². The lowest BCUT2D eigenvalue weighted by molar-refractivity contribution is -0.140. The van der Waals surface area contributed by atoms with Gasteiger partial charge in [0.05, 0.1) is 6.10 Å². The standard InChI is InChI=1S/C23H34N4O2/c28-21-7-9-23(17-27(21)16-19-6-3-15-29-19)10-13-26(14-11-23)22-24-12-8-20(25-22)18-4-1-2-5-18/h8,12,18-19H,1-7,9-11,13-17H2/t19-/m0/s1. The normalized spacial score (nSPS) is 27.9. The first-order valence-electron chi connectivity index (χ1n) is 11.7. The number of carbonyl (C=O) groups excluding carboxylic acids is 1. The molecule has 3 saturated heterocycles. The molecule has 1 saturated carbocycles. The van der Waals surface area contributed by atoms with Crippen LogP contribution in [0.3, 0.4) is 0 Å². The van der Waals surface area contributed by atoms with E-state index in [0.717, 1.165) is 70.8 Å². The van der Waals surface area contributed by atoms with Gasteiger partial charge in [0.15, 0.2) is 0 Å². The van der Waals surface area contributed by atoms with Crippen LogP contribution < -0.4 is 4.90 Å². The average molecular weight is 399 g/mol. The van der Waals surface area contributed by atoms with Crippen LogP contribution in [0.5, 0.6) is 0 Å². The second-order valence-corrected chi connectivity index (χ2v) is 9.66. The summed E-state index contributed by atoms with van der Waals surface area (Å²) in [6, 6.07) is 2.11. The van der Waals surface area contributed by atoms with Crippen molar-refractivity contribution in [3.8, 4) is 0 Å². The third-order valence-electron chi connectivity index (χ3n) is 7.74. The third kappa shape index (κ3) is 4.14. The number of hydrogen-bond donors (Lipinski definition) is 0. The molecule has 0 bridgehead atoms. The Balaban J connectivity index is 1.21. The van der Waals surface area contributed by atoms with Crippen LogP contribution in [0, 0.1) is 5.41 Å². The molecule has 6 heteroatoms. The van der Waals surface area contributed by atoms with Gasteiger partial charge in [-0.15, -0.1) is 0 Å². The second kappa shape index (κ2) is 8.21. The molecular formula is C23H34N4O2. The quantitative estimate of drug-likeness (QED) is 0.777. The predicted octanol–water partition coefficient (Wildman–Crippen LogP) is 3.52. The van der Waals surface area contributed by atoms with Crippen molar-refractivity contribution in [1.82, 2.24) is 14.9 Å². The smallest absolute Gasteiger partial charge is 0.225 e. The molecule has 1 atom stereocenters. The van der Waals surface area contributed by atoms with Crippen molar-refractivity contribution in [3.05, 3.63) is 18.0 Å². The highest BCUT2D eigenvalue weighted by molar-refractivity contribution is 5.77. The molecule has 4 heterocycles. The summed E-state index contributed by atoms with van der Waals surface area (Å²) in [4.78, 5) is 26.5. The monoisotopic (exact) mass is 398 g/mol. The van der Waals surface area contributed by atoms with Gasteiger partial charge in [-0.05, 0) is 56.4 Å². The highest BCUT2D eigenvalue weighted by Gasteiger charge is 2.42. The summed E-state index contributed by atoms with van der Waals surface area (Å²) < 4.78 is 5.79. The Hall–Kier alpha value is -1.69. The number of aromatic nitrogens is 2. The molecule has 0 unspecified atom stereocenters. The average Bonchev–Trinajstić information content (AvgIpc) is 3.46. The van der Waals surface area contributed by atoms with Crippen molar-refractivity contribution < 1.29 is 9.53 Å². The molecule has 1 aromatic heterocycles. The van der Waals surface area contributed by atoms with Crippen molar-refractivity contribution in [3.63, 3.8) is 0 Å². The van der Waals surface area contributed by atoms with Gasteiger partial charge in [-0.25, -0.2) is 9.97 Å². The molecule has 1 amide bonds. The summed E-state index contributed by atoms with van der Waals surface area (Å²) >= 11 is 0. The van der Waals surface area contributed by atoms with Crippen molar-refractivity contribution in [2.75, 3.05) is 37.7 Å². The maximum atomic E-state index is 12.5. The Morgan fingerprint density at radius 3 is 2.69 bits per heavy atom. The van der Waals surface area contributed by atoms with Crippen LogP contribution in [0.1, 0.15) is 75.8 Å². The minimum absolute atomic E-state index is 0.251. The number of nitrogens with zero attached hydrogens (tertiary/aromatic N) is 4. The van der Waals surface area contributed by atoms with Gasteiger partial charge in [-0.2, -0.15) is 0 Å². The summed E-state index contributed by atoms with van der Waals surface area (Å²) in [6.07, 6.45) is 13.6. The van der Waals surface area contributed by atoms with E-state index in [0.29, 0.717) is 18.2 Å². The minimum atomic E-state index is 0.251. The van der Waals surface area contributed by atoms with Crippen LogP contribution in [-0.4, -0.2) is 59.7 Å². The lowest BCUT2D eigenvalue weighted by atomic mass is 9.72. The van der Waals surface area contributed by atoms with Gasteiger partial charge < -0.3 is 14.5 Å². The van der Waals surface area contributed by atoms with Crippen LogP contribution in [0.25, 0.3) is 0 Å². The fourth-order valence-electron chi connectivity index (χ4n) is 5.86. The zero-order chi connectivity index (χ0) is 19.7. The summed E-state index contributed by atoms with van der Waals surface area (Å²) in [7, 11) is 0. The zero-order valence-corrected chi connectivity index (χ0v) is 17.5.